The van der Waals surface area contributed by atoms with Crippen molar-refractivity contribution in [1.82, 2.24) is 0 Å². The number of aryl methyl sites for hydroxylation is 1. The standard InChI is InChI=1S/C14H16BrNO4/c1-4-9-5-6-10(7-11(9)15)16-12(14(18)20-3)8-13(17)19-2/h5-8,16H,4H2,1-3H3/b12-8+. The highest BCUT2D eigenvalue weighted by Crippen LogP contribution is 2.23. The molecule has 0 spiro atoms. The number of nitrogens with one attached hydrogen (secondary N) is 1. The van der Waals surface area contributed by atoms with Gasteiger partial charge in [0.05, 0.1) is 20.3 Å². The van der Waals surface area contributed by atoms with Crippen LogP contribution < -0.4 is 5.32 Å². The zero-order valence-corrected chi connectivity index (χ0v) is 13.1. The molecule has 0 heterocycles. The van der Waals surface area contributed by atoms with Crippen molar-refractivity contribution in [3.05, 3.63) is 40.0 Å². The first-order chi connectivity index (χ1) is 9.51. The molecule has 20 heavy (non-hydrogen) atoms. The minimum Gasteiger partial charge on any atom is -0.466 e. The Bertz CT molecular complexity index is 540. The molecule has 0 amide bonds. The molecule has 0 aliphatic carbocycles. The minimum atomic E-state index is -0.647. The Morgan fingerprint density at radius 3 is 2.50 bits per heavy atom. The van der Waals surface area contributed by atoms with Gasteiger partial charge in [-0.05, 0) is 24.1 Å². The number of hydrogen-bond donors (Lipinski definition) is 1. The molecule has 0 saturated heterocycles. The lowest BCUT2D eigenvalue weighted by Crippen LogP contribution is -2.15. The molecule has 108 valence electrons. The topological polar surface area (TPSA) is 64.6 Å². The van der Waals surface area contributed by atoms with Gasteiger partial charge in [0.15, 0.2) is 0 Å². The van der Waals surface area contributed by atoms with Crippen LogP contribution in [0.5, 0.6) is 0 Å². The van der Waals surface area contributed by atoms with Gasteiger partial charge in [0.2, 0.25) is 0 Å². The number of benzene rings is 1. The first-order valence-electron chi connectivity index (χ1n) is 5.95. The third-order valence-electron chi connectivity index (χ3n) is 2.58. The van der Waals surface area contributed by atoms with Crippen molar-refractivity contribution in [1.29, 1.82) is 0 Å². The summed E-state index contributed by atoms with van der Waals surface area (Å²) in [5, 5.41) is 2.84. The predicted octanol–water partition coefficient (Wildman–Crippen LogP) is 2.65. The van der Waals surface area contributed by atoms with Crippen molar-refractivity contribution in [2.75, 3.05) is 19.5 Å². The molecule has 1 N–H and O–H groups in total. The number of carbonyl (C=O) groups is 2. The van der Waals surface area contributed by atoms with Gasteiger partial charge in [-0.3, -0.25) is 0 Å². The van der Waals surface area contributed by atoms with Crippen LogP contribution in [0.1, 0.15) is 12.5 Å². The number of hydrogen-bond acceptors (Lipinski definition) is 5. The number of esters is 2. The monoisotopic (exact) mass is 341 g/mol. The molecular formula is C14H16BrNO4. The molecule has 0 saturated carbocycles. The van der Waals surface area contributed by atoms with Gasteiger partial charge in [-0.15, -0.1) is 0 Å². The fraction of sp³-hybridized carbons (Fsp3) is 0.286. The highest BCUT2D eigenvalue weighted by Gasteiger charge is 2.13. The zero-order chi connectivity index (χ0) is 15.1. The SMILES string of the molecule is CCc1ccc(N/C(=C/C(=O)OC)C(=O)OC)cc1Br. The van der Waals surface area contributed by atoms with E-state index < -0.39 is 11.9 Å². The summed E-state index contributed by atoms with van der Waals surface area (Å²) in [7, 11) is 2.48. The molecule has 0 radical (unpaired) electrons. The maximum Gasteiger partial charge on any atom is 0.354 e. The minimum absolute atomic E-state index is 0.00972. The Balaban J connectivity index is 3.01. The van der Waals surface area contributed by atoms with Gasteiger partial charge in [-0.25, -0.2) is 9.59 Å². The molecule has 0 atom stereocenters. The van der Waals surface area contributed by atoms with E-state index in [0.29, 0.717) is 5.69 Å². The number of ether oxygens (including phenoxy) is 2. The summed E-state index contributed by atoms with van der Waals surface area (Å²) in [5.41, 5.74) is 1.82. The van der Waals surface area contributed by atoms with Crippen LogP contribution in [0, 0.1) is 0 Å². The molecule has 0 aromatic heterocycles. The molecule has 0 bridgehead atoms. The third kappa shape index (κ3) is 4.38. The Morgan fingerprint density at radius 2 is 2.00 bits per heavy atom. The molecule has 0 aliphatic rings. The van der Waals surface area contributed by atoms with Crippen LogP contribution in [0.4, 0.5) is 5.69 Å². The van der Waals surface area contributed by atoms with Crippen LogP contribution in [-0.4, -0.2) is 26.2 Å². The fourth-order valence-corrected chi connectivity index (χ4v) is 2.16. The van der Waals surface area contributed by atoms with Crippen LogP contribution in [0.25, 0.3) is 0 Å². The number of anilines is 1. The summed E-state index contributed by atoms with van der Waals surface area (Å²) in [6, 6.07) is 5.57. The van der Waals surface area contributed by atoms with Crippen molar-refractivity contribution >= 4 is 33.6 Å². The van der Waals surface area contributed by atoms with E-state index in [-0.39, 0.29) is 5.70 Å². The van der Waals surface area contributed by atoms with E-state index in [2.05, 4.69) is 30.7 Å². The summed E-state index contributed by atoms with van der Waals surface area (Å²) in [4.78, 5) is 22.8. The van der Waals surface area contributed by atoms with E-state index in [1.54, 1.807) is 0 Å². The van der Waals surface area contributed by atoms with Crippen molar-refractivity contribution in [3.63, 3.8) is 0 Å². The number of methoxy groups -OCH3 is 2. The first-order valence-corrected chi connectivity index (χ1v) is 6.74. The normalized spacial score (nSPS) is 10.9. The van der Waals surface area contributed by atoms with E-state index in [1.165, 1.54) is 14.2 Å². The van der Waals surface area contributed by atoms with Gasteiger partial charge in [-0.2, -0.15) is 0 Å². The summed E-state index contributed by atoms with van der Waals surface area (Å²) < 4.78 is 10.0. The highest BCUT2D eigenvalue weighted by atomic mass is 79.9. The number of rotatable bonds is 5. The van der Waals surface area contributed by atoms with Gasteiger partial charge >= 0.3 is 11.9 Å². The van der Waals surface area contributed by atoms with Crippen LogP contribution in [0.15, 0.2) is 34.4 Å². The number of halogens is 1. The van der Waals surface area contributed by atoms with Crippen LogP contribution in [0.3, 0.4) is 0 Å². The summed E-state index contributed by atoms with van der Waals surface area (Å²) in [6.07, 6.45) is 1.94. The Labute approximate surface area is 126 Å². The maximum atomic E-state index is 11.6. The fourth-order valence-electron chi connectivity index (χ4n) is 1.50. The number of carbonyl (C=O) groups excluding carboxylic acids is 2. The Morgan fingerprint density at radius 1 is 1.30 bits per heavy atom. The lowest BCUT2D eigenvalue weighted by atomic mass is 10.1. The molecule has 0 fully saturated rings. The van der Waals surface area contributed by atoms with E-state index in [4.69, 9.17) is 0 Å². The maximum absolute atomic E-state index is 11.6. The lowest BCUT2D eigenvalue weighted by molar-refractivity contribution is -0.138. The second-order valence-corrected chi connectivity index (χ2v) is 4.71. The second kappa shape index (κ2) is 7.69. The van der Waals surface area contributed by atoms with Gasteiger partial charge in [-0.1, -0.05) is 28.9 Å². The third-order valence-corrected chi connectivity index (χ3v) is 3.32. The zero-order valence-electron chi connectivity index (χ0n) is 11.5. The smallest absolute Gasteiger partial charge is 0.354 e. The van der Waals surface area contributed by atoms with Crippen molar-refractivity contribution < 1.29 is 19.1 Å². The average Bonchev–Trinajstić information content (AvgIpc) is 2.45. The molecule has 0 aliphatic heterocycles. The molecule has 5 nitrogen and oxygen atoms in total. The van der Waals surface area contributed by atoms with E-state index in [1.807, 2.05) is 25.1 Å². The quantitative estimate of drug-likeness (QED) is 0.658. The van der Waals surface area contributed by atoms with Crippen molar-refractivity contribution in [2.24, 2.45) is 0 Å². The Kier molecular flexibility index (Phi) is 6.24. The summed E-state index contributed by atoms with van der Waals surface area (Å²) in [6.45, 7) is 2.05. The van der Waals surface area contributed by atoms with Gasteiger partial charge in [0.1, 0.15) is 5.70 Å². The predicted molar refractivity (Wildman–Crippen MR) is 79.3 cm³/mol. The van der Waals surface area contributed by atoms with E-state index in [0.717, 1.165) is 22.5 Å². The first kappa shape index (κ1) is 16.2. The molecule has 0 unspecified atom stereocenters. The van der Waals surface area contributed by atoms with Gasteiger partial charge in [0, 0.05) is 10.2 Å². The van der Waals surface area contributed by atoms with Crippen molar-refractivity contribution in [3.8, 4) is 0 Å². The van der Waals surface area contributed by atoms with E-state index in [9.17, 15) is 9.59 Å². The van der Waals surface area contributed by atoms with Crippen LogP contribution in [0.2, 0.25) is 0 Å². The van der Waals surface area contributed by atoms with Gasteiger partial charge in [0.25, 0.3) is 0 Å². The van der Waals surface area contributed by atoms with Gasteiger partial charge < -0.3 is 14.8 Å². The molecule has 1 rings (SSSR count). The highest BCUT2D eigenvalue weighted by molar-refractivity contribution is 9.10. The largest absolute Gasteiger partial charge is 0.466 e. The van der Waals surface area contributed by atoms with Crippen LogP contribution >= 0.6 is 15.9 Å². The lowest BCUT2D eigenvalue weighted by Gasteiger charge is -2.10. The van der Waals surface area contributed by atoms with Crippen LogP contribution in [-0.2, 0) is 25.5 Å². The Hall–Kier alpha value is -1.82. The summed E-state index contributed by atoms with van der Waals surface area (Å²) >= 11 is 3.45. The molecule has 1 aromatic rings. The summed E-state index contributed by atoms with van der Waals surface area (Å²) in [5.74, 6) is -1.28. The molecule has 1 aromatic carbocycles. The van der Waals surface area contributed by atoms with Crippen molar-refractivity contribution in [2.45, 2.75) is 13.3 Å². The molecular weight excluding hydrogens is 326 g/mol. The average molecular weight is 342 g/mol. The molecule has 6 heteroatoms. The van der Waals surface area contributed by atoms with E-state index >= 15 is 0 Å². The second-order valence-electron chi connectivity index (χ2n) is 3.86.